The third-order valence-electron chi connectivity index (χ3n) is 5.31. The van der Waals surface area contributed by atoms with Gasteiger partial charge in [0, 0.05) is 22.7 Å². The van der Waals surface area contributed by atoms with Crippen LogP contribution in [-0.4, -0.2) is 14.5 Å². The molecule has 0 radical (unpaired) electrons. The molecule has 0 bridgehead atoms. The Bertz CT molecular complexity index is 1510. The Morgan fingerprint density at radius 3 is 2.52 bits per heavy atom. The molecule has 0 fully saturated rings. The monoisotopic (exact) mass is 375 g/mol. The van der Waals surface area contributed by atoms with Crippen LogP contribution in [0.4, 0.5) is 0 Å². The summed E-state index contributed by atoms with van der Waals surface area (Å²) in [7, 11) is 0. The highest BCUT2D eigenvalue weighted by atomic mass is 16.3. The lowest BCUT2D eigenvalue weighted by Gasteiger charge is -2.10. The summed E-state index contributed by atoms with van der Waals surface area (Å²) in [4.78, 5) is 9.49. The molecule has 3 heterocycles. The fourth-order valence-electron chi connectivity index (χ4n) is 4.00. The predicted octanol–water partition coefficient (Wildman–Crippen LogP) is 6.30. The zero-order chi connectivity index (χ0) is 19.4. The molecule has 0 saturated carbocycles. The second-order valence-corrected chi connectivity index (χ2v) is 7.24. The molecule has 4 nitrogen and oxygen atoms in total. The number of imidazole rings is 1. The van der Waals surface area contributed by atoms with Crippen molar-refractivity contribution in [3.8, 4) is 17.1 Å². The number of hydrogen-bond donors (Lipinski definition) is 0. The summed E-state index contributed by atoms with van der Waals surface area (Å²) in [5.74, 6) is 0.828. The Hall–Kier alpha value is -3.92. The Morgan fingerprint density at radius 1 is 0.828 bits per heavy atom. The molecule has 6 rings (SSSR count). The highest BCUT2D eigenvalue weighted by molar-refractivity contribution is 6.09. The number of fused-ring (bicyclic) bond motifs is 4. The Labute approximate surface area is 167 Å². The molecule has 0 aliphatic rings. The van der Waals surface area contributed by atoms with E-state index in [1.807, 2.05) is 42.6 Å². The minimum atomic E-state index is 0.725. The summed E-state index contributed by atoms with van der Waals surface area (Å²) < 4.78 is 8.44. The molecule has 0 aliphatic carbocycles. The number of para-hydroxylation sites is 3. The maximum Gasteiger partial charge on any atom is 0.178 e. The van der Waals surface area contributed by atoms with Crippen LogP contribution in [0.15, 0.2) is 89.5 Å². The zero-order valence-corrected chi connectivity index (χ0v) is 15.8. The van der Waals surface area contributed by atoms with Crippen LogP contribution >= 0.6 is 0 Å². The van der Waals surface area contributed by atoms with Crippen molar-refractivity contribution >= 4 is 33.1 Å². The molecule has 0 amide bonds. The summed E-state index contributed by atoms with van der Waals surface area (Å²) in [5, 5.41) is 2.20. The lowest BCUT2D eigenvalue weighted by atomic mass is 10.1. The van der Waals surface area contributed by atoms with Crippen LogP contribution in [0.3, 0.4) is 0 Å². The predicted molar refractivity (Wildman–Crippen MR) is 116 cm³/mol. The lowest BCUT2D eigenvalue weighted by molar-refractivity contribution is 0.669. The molecular formula is C25H17N3O. The van der Waals surface area contributed by atoms with Gasteiger partial charge in [-0.25, -0.2) is 9.97 Å². The van der Waals surface area contributed by atoms with Gasteiger partial charge in [-0.05, 0) is 42.8 Å². The summed E-state index contributed by atoms with van der Waals surface area (Å²) in [6, 6.07) is 26.8. The molecule has 0 N–H and O–H groups in total. The van der Waals surface area contributed by atoms with Gasteiger partial charge in [-0.3, -0.25) is 4.57 Å². The highest BCUT2D eigenvalue weighted by Crippen LogP contribution is 2.37. The first-order chi connectivity index (χ1) is 14.3. The van der Waals surface area contributed by atoms with Crippen molar-refractivity contribution in [3.63, 3.8) is 0 Å². The van der Waals surface area contributed by atoms with E-state index in [2.05, 4.69) is 58.9 Å². The van der Waals surface area contributed by atoms with Gasteiger partial charge < -0.3 is 4.42 Å². The first kappa shape index (κ1) is 16.1. The summed E-state index contributed by atoms with van der Waals surface area (Å²) in [5.41, 5.74) is 6.54. The summed E-state index contributed by atoms with van der Waals surface area (Å²) in [6.07, 6.45) is 1.86. The van der Waals surface area contributed by atoms with Crippen molar-refractivity contribution in [3.05, 3.63) is 90.6 Å². The average Bonchev–Trinajstić information content (AvgIpc) is 3.32. The minimum Gasteiger partial charge on any atom is -0.455 e. The van der Waals surface area contributed by atoms with Crippen molar-refractivity contribution in [2.45, 2.75) is 6.92 Å². The number of nitrogens with zero attached hydrogens (tertiary/aromatic N) is 3. The molecule has 3 aromatic carbocycles. The molecule has 0 atom stereocenters. The Kier molecular flexibility index (Phi) is 3.35. The van der Waals surface area contributed by atoms with Crippen LogP contribution in [0.25, 0.3) is 50.2 Å². The number of furan rings is 1. The molecule has 138 valence electrons. The van der Waals surface area contributed by atoms with E-state index in [1.165, 1.54) is 0 Å². The fourth-order valence-corrected chi connectivity index (χ4v) is 4.00. The number of hydrogen-bond acceptors (Lipinski definition) is 3. The number of aromatic nitrogens is 3. The third kappa shape index (κ3) is 2.39. The van der Waals surface area contributed by atoms with Crippen molar-refractivity contribution < 1.29 is 4.42 Å². The van der Waals surface area contributed by atoms with Crippen molar-refractivity contribution in [1.29, 1.82) is 0 Å². The van der Waals surface area contributed by atoms with Gasteiger partial charge in [-0.1, -0.05) is 48.5 Å². The summed E-state index contributed by atoms with van der Waals surface area (Å²) in [6.45, 7) is 2.05. The first-order valence-electron chi connectivity index (χ1n) is 9.61. The van der Waals surface area contributed by atoms with Crippen LogP contribution in [-0.2, 0) is 0 Å². The van der Waals surface area contributed by atoms with Gasteiger partial charge in [-0.15, -0.1) is 0 Å². The van der Waals surface area contributed by atoms with Crippen molar-refractivity contribution in [1.82, 2.24) is 14.5 Å². The van der Waals surface area contributed by atoms with Gasteiger partial charge in [0.2, 0.25) is 0 Å². The number of benzene rings is 3. The van der Waals surface area contributed by atoms with Crippen LogP contribution < -0.4 is 0 Å². The molecule has 0 aliphatic heterocycles. The SMILES string of the molecule is Cc1cnc2nc(-c3cccc4c3oc3ccccc34)n(-c3ccccc3)c2c1. The molecule has 0 spiro atoms. The number of rotatable bonds is 2. The van der Waals surface area contributed by atoms with Gasteiger partial charge in [-0.2, -0.15) is 0 Å². The van der Waals surface area contributed by atoms with Gasteiger partial charge in [0.15, 0.2) is 11.5 Å². The van der Waals surface area contributed by atoms with Gasteiger partial charge in [0.1, 0.15) is 11.2 Å². The quantitative estimate of drug-likeness (QED) is 0.357. The minimum absolute atomic E-state index is 0.725. The van der Waals surface area contributed by atoms with Gasteiger partial charge in [0.05, 0.1) is 11.1 Å². The van der Waals surface area contributed by atoms with E-state index in [0.29, 0.717) is 0 Å². The van der Waals surface area contributed by atoms with E-state index >= 15 is 0 Å². The highest BCUT2D eigenvalue weighted by Gasteiger charge is 2.19. The molecule has 4 heteroatoms. The largest absolute Gasteiger partial charge is 0.455 e. The van der Waals surface area contributed by atoms with Crippen LogP contribution in [0.1, 0.15) is 5.56 Å². The maximum atomic E-state index is 6.27. The number of aryl methyl sites for hydroxylation is 1. The van der Waals surface area contributed by atoms with E-state index in [1.54, 1.807) is 0 Å². The second-order valence-electron chi connectivity index (χ2n) is 7.24. The molecule has 29 heavy (non-hydrogen) atoms. The molecule has 3 aromatic heterocycles. The molecular weight excluding hydrogens is 358 g/mol. The van der Waals surface area contributed by atoms with Crippen LogP contribution in [0.5, 0.6) is 0 Å². The Morgan fingerprint density at radius 2 is 1.62 bits per heavy atom. The van der Waals surface area contributed by atoms with E-state index < -0.39 is 0 Å². The second kappa shape index (κ2) is 6.04. The van der Waals surface area contributed by atoms with Crippen molar-refractivity contribution in [2.75, 3.05) is 0 Å². The van der Waals surface area contributed by atoms with E-state index in [9.17, 15) is 0 Å². The van der Waals surface area contributed by atoms with Crippen molar-refractivity contribution in [2.24, 2.45) is 0 Å². The first-order valence-corrected chi connectivity index (χ1v) is 9.61. The number of pyridine rings is 1. The smallest absolute Gasteiger partial charge is 0.178 e. The third-order valence-corrected chi connectivity index (χ3v) is 5.31. The molecule has 0 unspecified atom stereocenters. The lowest BCUT2D eigenvalue weighted by Crippen LogP contribution is -1.97. The molecule has 6 aromatic rings. The maximum absolute atomic E-state index is 6.27. The average molecular weight is 375 g/mol. The topological polar surface area (TPSA) is 43.9 Å². The zero-order valence-electron chi connectivity index (χ0n) is 15.8. The molecule has 0 saturated heterocycles. The van der Waals surface area contributed by atoms with E-state index in [0.717, 1.165) is 55.7 Å². The summed E-state index contributed by atoms with van der Waals surface area (Å²) >= 11 is 0. The van der Waals surface area contributed by atoms with Gasteiger partial charge >= 0.3 is 0 Å². The normalized spacial score (nSPS) is 11.6. The van der Waals surface area contributed by atoms with E-state index in [-0.39, 0.29) is 0 Å². The van der Waals surface area contributed by atoms with E-state index in [4.69, 9.17) is 9.40 Å². The fraction of sp³-hybridized carbons (Fsp3) is 0.0400. The van der Waals surface area contributed by atoms with Gasteiger partial charge in [0.25, 0.3) is 0 Å². The standard InChI is InChI=1S/C25H17N3O/c1-16-14-21-24(26-15-16)27-25(28(21)17-8-3-2-4-9-17)20-12-7-11-19-18-10-5-6-13-22(18)29-23(19)20/h2-15H,1H3. The Balaban J connectivity index is 1.75. The van der Waals surface area contributed by atoms with Crippen LogP contribution in [0.2, 0.25) is 0 Å². The van der Waals surface area contributed by atoms with Crippen LogP contribution in [0, 0.1) is 6.92 Å².